The van der Waals surface area contributed by atoms with Crippen molar-refractivity contribution in [3.8, 4) is 23.0 Å². The molecule has 0 N–H and O–H groups in total. The SMILES string of the molecule is [2H]C([2H])([2H])C1(C)Oc2ccc(Cc3nc(Cc4cc(OC)c(OC)c(OC)c4)ncc3F)nc2N(COP(=O)([O-])[O-])C1=O.[Na+].[Na+]. The first-order chi connectivity index (χ1) is 20.1. The van der Waals surface area contributed by atoms with E-state index in [1.54, 1.807) is 12.1 Å². The number of aromatic nitrogens is 3. The van der Waals surface area contributed by atoms with Crippen LogP contribution in [0.5, 0.6) is 23.0 Å². The Labute approximate surface area is 290 Å². The molecule has 214 valence electrons. The maximum absolute atomic E-state index is 14.8. The Balaban J connectivity index is 0.00000353. The standard InChI is InChI=1S/C25H28FN4O9P.2Na/c1-25(2)24(31)30(13-38-40(32,33)34)23-18(39-25)7-6-15(28-23)11-17-16(26)12-27-21(29-17)10-14-8-19(35-3)22(37-5)20(9-14)36-4;;/h6-9,12H,10-11,13H2,1-5H3,(H2,32,33,34);;/q;2*+1/p-2/i1D3;;. The summed E-state index contributed by atoms with van der Waals surface area (Å²) in [5, 5.41) is 0. The van der Waals surface area contributed by atoms with Crippen LogP contribution in [-0.4, -0.2) is 54.5 Å². The minimum absolute atomic E-state index is 0. The van der Waals surface area contributed by atoms with Crippen LogP contribution in [0.3, 0.4) is 0 Å². The molecule has 13 nitrogen and oxygen atoms in total. The van der Waals surface area contributed by atoms with Gasteiger partial charge in [-0.25, -0.2) is 19.3 Å². The van der Waals surface area contributed by atoms with Crippen molar-refractivity contribution in [1.29, 1.82) is 0 Å². The molecule has 17 heteroatoms. The zero-order valence-corrected chi connectivity index (χ0v) is 28.7. The number of anilines is 1. The van der Waals surface area contributed by atoms with Crippen LogP contribution in [0.1, 0.15) is 40.7 Å². The van der Waals surface area contributed by atoms with E-state index in [0.717, 1.165) is 13.1 Å². The summed E-state index contributed by atoms with van der Waals surface area (Å²) in [6.07, 6.45) is 0.931. The number of rotatable bonds is 10. The van der Waals surface area contributed by atoms with Gasteiger partial charge in [0.15, 0.2) is 34.5 Å². The van der Waals surface area contributed by atoms with Crippen LogP contribution in [0.4, 0.5) is 10.2 Å². The van der Waals surface area contributed by atoms with Crippen LogP contribution in [0.2, 0.25) is 0 Å². The molecule has 0 saturated heterocycles. The fraction of sp³-hybridized carbons (Fsp3) is 0.360. The Hall–Kier alpha value is -1.84. The number of hydrogen-bond donors (Lipinski definition) is 0. The molecule has 3 heterocycles. The van der Waals surface area contributed by atoms with Gasteiger partial charge in [0.25, 0.3) is 5.91 Å². The molecule has 0 bridgehead atoms. The quantitative estimate of drug-likeness (QED) is 0.157. The van der Waals surface area contributed by atoms with Gasteiger partial charge in [0.05, 0.1) is 41.0 Å². The summed E-state index contributed by atoms with van der Waals surface area (Å²) in [6, 6.07) is 6.06. The van der Waals surface area contributed by atoms with Crippen LogP contribution < -0.4 is 92.7 Å². The number of halogens is 1. The smallest absolute Gasteiger partial charge is 0.790 e. The monoisotopic (exact) mass is 625 g/mol. The van der Waals surface area contributed by atoms with Gasteiger partial charge in [0.1, 0.15) is 12.6 Å². The van der Waals surface area contributed by atoms with Crippen molar-refractivity contribution in [3.05, 3.63) is 59.1 Å². The normalized spacial score (nSPS) is 17.4. The Morgan fingerprint density at radius 2 is 1.76 bits per heavy atom. The Morgan fingerprint density at radius 3 is 2.33 bits per heavy atom. The molecule has 4 rings (SSSR count). The number of hydrogen-bond acceptors (Lipinski definition) is 12. The number of carbonyl (C=O) groups excluding carboxylic acids is 1. The molecule has 0 radical (unpaired) electrons. The number of ether oxygens (including phenoxy) is 4. The summed E-state index contributed by atoms with van der Waals surface area (Å²) in [5.74, 6) is -1.07. The molecule has 0 spiro atoms. The summed E-state index contributed by atoms with van der Waals surface area (Å²) in [7, 11) is -1.17. The fourth-order valence-electron chi connectivity index (χ4n) is 3.96. The number of amides is 1. The summed E-state index contributed by atoms with van der Waals surface area (Å²) < 4.78 is 75.1. The van der Waals surface area contributed by atoms with Gasteiger partial charge in [-0.1, -0.05) is 0 Å². The molecular weight excluding hydrogens is 596 g/mol. The molecule has 1 amide bonds. The molecular formula is C25H26FN4Na2O9P. The third-order valence-corrected chi connectivity index (χ3v) is 6.20. The number of benzene rings is 1. The number of phosphoric acid groups is 1. The van der Waals surface area contributed by atoms with Gasteiger partial charge in [-0.05, 0) is 43.6 Å². The topological polar surface area (TPSA) is 168 Å². The van der Waals surface area contributed by atoms with E-state index >= 15 is 0 Å². The van der Waals surface area contributed by atoms with E-state index in [4.69, 9.17) is 23.1 Å². The molecule has 1 aliphatic rings. The van der Waals surface area contributed by atoms with Crippen LogP contribution in [-0.2, 0) is 26.7 Å². The van der Waals surface area contributed by atoms with Crippen LogP contribution >= 0.6 is 7.82 Å². The Morgan fingerprint density at radius 1 is 1.10 bits per heavy atom. The Kier molecular flexibility index (Phi) is 11.1. The minimum atomic E-state index is -5.57. The first kappa shape index (κ1) is 31.6. The molecule has 3 aromatic rings. The zero-order valence-electron chi connectivity index (χ0n) is 26.8. The van der Waals surface area contributed by atoms with Crippen molar-refractivity contribution in [2.24, 2.45) is 0 Å². The van der Waals surface area contributed by atoms with E-state index in [-0.39, 0.29) is 101 Å². The van der Waals surface area contributed by atoms with Crippen LogP contribution in [0.15, 0.2) is 30.5 Å². The number of nitrogens with zero attached hydrogens (tertiary/aromatic N) is 4. The second kappa shape index (κ2) is 14.8. The van der Waals surface area contributed by atoms with Gasteiger partial charge < -0.3 is 37.8 Å². The maximum atomic E-state index is 14.8. The number of methoxy groups -OCH3 is 3. The minimum Gasteiger partial charge on any atom is -0.790 e. The molecule has 0 aliphatic carbocycles. The van der Waals surface area contributed by atoms with E-state index in [0.29, 0.717) is 27.7 Å². The summed E-state index contributed by atoms with van der Waals surface area (Å²) in [5.41, 5.74) is -1.69. The summed E-state index contributed by atoms with van der Waals surface area (Å²) in [6.45, 7) is -3.15. The number of phosphoric ester groups is 1. The zero-order chi connectivity index (χ0) is 31.7. The van der Waals surface area contributed by atoms with Crippen molar-refractivity contribution in [1.82, 2.24) is 15.0 Å². The number of fused-ring (bicyclic) bond motifs is 1. The van der Waals surface area contributed by atoms with E-state index in [1.165, 1.54) is 33.5 Å². The second-order valence-electron chi connectivity index (χ2n) is 8.67. The summed E-state index contributed by atoms with van der Waals surface area (Å²) in [4.78, 5) is 48.6. The van der Waals surface area contributed by atoms with Gasteiger partial charge in [-0.15, -0.1) is 0 Å². The van der Waals surface area contributed by atoms with Crippen molar-refractivity contribution < 1.29 is 110 Å². The first-order valence-electron chi connectivity index (χ1n) is 13.1. The molecule has 42 heavy (non-hydrogen) atoms. The van der Waals surface area contributed by atoms with Crippen molar-refractivity contribution in [3.63, 3.8) is 0 Å². The van der Waals surface area contributed by atoms with Crippen LogP contribution in [0, 0.1) is 5.82 Å². The molecule has 0 saturated carbocycles. The molecule has 1 unspecified atom stereocenters. The molecule has 1 aliphatic heterocycles. The fourth-order valence-corrected chi connectivity index (χ4v) is 4.21. The average Bonchev–Trinajstić information content (AvgIpc) is 2.93. The van der Waals surface area contributed by atoms with Gasteiger partial charge in [0, 0.05) is 22.6 Å². The van der Waals surface area contributed by atoms with Crippen molar-refractivity contribution in [2.45, 2.75) is 32.2 Å². The summed E-state index contributed by atoms with van der Waals surface area (Å²) >= 11 is 0. The van der Waals surface area contributed by atoms with Gasteiger partial charge in [0.2, 0.25) is 5.75 Å². The molecule has 0 fully saturated rings. The largest absolute Gasteiger partial charge is 1.00 e. The molecule has 1 atom stereocenters. The van der Waals surface area contributed by atoms with Gasteiger partial charge in [-0.3, -0.25) is 9.69 Å². The number of pyridine rings is 1. The third-order valence-electron chi connectivity index (χ3n) is 5.77. The van der Waals surface area contributed by atoms with E-state index in [9.17, 15) is 23.5 Å². The Bertz CT molecular complexity index is 1580. The predicted molar refractivity (Wildman–Crippen MR) is 134 cm³/mol. The maximum Gasteiger partial charge on any atom is 1.00 e. The van der Waals surface area contributed by atoms with Crippen molar-refractivity contribution in [2.75, 3.05) is 33.0 Å². The predicted octanol–water partition coefficient (Wildman–Crippen LogP) is -4.47. The van der Waals surface area contributed by atoms with E-state index in [1.807, 2.05) is 0 Å². The molecule has 1 aromatic carbocycles. The number of carbonyl (C=O) groups is 1. The van der Waals surface area contributed by atoms with Crippen molar-refractivity contribution >= 4 is 19.5 Å². The average molecular weight is 625 g/mol. The third kappa shape index (κ3) is 8.41. The second-order valence-corrected chi connectivity index (χ2v) is 9.82. The van der Waals surface area contributed by atoms with Gasteiger partial charge in [-0.2, -0.15) is 0 Å². The van der Waals surface area contributed by atoms with Gasteiger partial charge >= 0.3 is 59.1 Å². The van der Waals surface area contributed by atoms with Crippen LogP contribution in [0.25, 0.3) is 0 Å². The van der Waals surface area contributed by atoms with E-state index in [2.05, 4.69) is 19.5 Å². The van der Waals surface area contributed by atoms with E-state index < -0.39 is 38.7 Å². The molecule has 2 aromatic heterocycles. The first-order valence-corrected chi connectivity index (χ1v) is 13.0.